The monoisotopic (exact) mass is 1070 g/mol. The summed E-state index contributed by atoms with van der Waals surface area (Å²) in [6, 6.07) is 0. The number of hydrogen-bond donors (Lipinski definition) is 3. The number of rotatable bonds is 0. The maximum Gasteiger partial charge on any atom is 0.223 e. The molecular weight excluding hydrogens is 989 g/mol. The highest BCUT2D eigenvalue weighted by molar-refractivity contribution is 7.05. The van der Waals surface area contributed by atoms with E-state index in [-0.39, 0.29) is 0 Å². The van der Waals surface area contributed by atoms with Gasteiger partial charge in [0.25, 0.3) is 0 Å². The van der Waals surface area contributed by atoms with Gasteiger partial charge in [-0.3, -0.25) is 14.9 Å². The minimum atomic E-state index is 0.623. The molecule has 27 nitrogen and oxygen atoms in total. The van der Waals surface area contributed by atoms with Gasteiger partial charge in [0.05, 0.1) is 11.4 Å². The lowest BCUT2D eigenvalue weighted by atomic mass is 10.3. The molecule has 74 heavy (non-hydrogen) atoms. The van der Waals surface area contributed by atoms with Crippen molar-refractivity contribution in [2.75, 3.05) is 0 Å². The molecule has 1 aliphatic heterocycles. The second-order valence-electron chi connectivity index (χ2n) is 12.9. The first kappa shape index (κ1) is 73.0. The van der Waals surface area contributed by atoms with Gasteiger partial charge in [-0.2, -0.15) is 59.6 Å². The highest BCUT2D eigenvalue weighted by atomic mass is 32.1. The molecule has 0 unspecified atom stereocenters. The van der Waals surface area contributed by atoms with E-state index in [9.17, 15) is 0 Å². The van der Waals surface area contributed by atoms with Crippen LogP contribution in [-0.4, -0.2) is 122 Å². The molecule has 0 atom stereocenters. The molecule has 0 radical (unpaired) electrons. The smallest absolute Gasteiger partial charge is 0.223 e. The SMILES string of the molecule is CC.CC.CC.CC.CC1=NN=CC1.Cc1n[nH]nc1C.Cc1ncn[nH]1.Cc1ncn[nH]1.Cc1nnoc1C.Cc1noc(C)n1.Cc1noc(C)n1.Cc1nsc(C)n1.Cc1nsc(C)n1.Cn1cncn1. The van der Waals surface area contributed by atoms with Crippen molar-refractivity contribution in [1.82, 2.24) is 110 Å². The van der Waals surface area contributed by atoms with E-state index in [2.05, 4.69) is 129 Å². The van der Waals surface area contributed by atoms with Crippen molar-refractivity contribution in [3.8, 4) is 0 Å². The van der Waals surface area contributed by atoms with Gasteiger partial charge in [0.15, 0.2) is 17.4 Å². The Bertz CT molecular complexity index is 2200. The first-order valence-electron chi connectivity index (χ1n) is 23.5. The van der Waals surface area contributed by atoms with Gasteiger partial charge in [-0.1, -0.05) is 65.7 Å². The minimum absolute atomic E-state index is 0.623. The van der Waals surface area contributed by atoms with E-state index in [0.29, 0.717) is 23.4 Å². The van der Waals surface area contributed by atoms with Crippen molar-refractivity contribution >= 4 is 35.0 Å². The third-order valence-electron chi connectivity index (χ3n) is 6.66. The Kier molecular flexibility index (Phi) is 48.4. The Hall–Kier alpha value is -7.56. The zero-order valence-electron chi connectivity index (χ0n) is 48.0. The van der Waals surface area contributed by atoms with Crippen molar-refractivity contribution in [1.29, 1.82) is 0 Å². The summed E-state index contributed by atoms with van der Waals surface area (Å²) in [6.45, 7) is 44.0. The highest BCUT2D eigenvalue weighted by Gasteiger charge is 1.94. The van der Waals surface area contributed by atoms with Crippen LogP contribution < -0.4 is 0 Å². The number of nitrogens with one attached hydrogen (secondary N) is 3. The van der Waals surface area contributed by atoms with Gasteiger partial charge >= 0.3 is 0 Å². The van der Waals surface area contributed by atoms with Gasteiger partial charge < -0.3 is 13.6 Å². The average molecular weight is 1070 g/mol. The lowest BCUT2D eigenvalue weighted by molar-refractivity contribution is 0.373. The Morgan fingerprint density at radius 3 is 1.08 bits per heavy atom. The van der Waals surface area contributed by atoms with Gasteiger partial charge in [0.2, 0.25) is 11.8 Å². The van der Waals surface area contributed by atoms with E-state index in [1.54, 1.807) is 44.9 Å². The molecule has 9 aromatic rings. The van der Waals surface area contributed by atoms with Crippen molar-refractivity contribution in [3.63, 3.8) is 0 Å². The molecule has 0 amide bonds. The largest absolute Gasteiger partial charge is 0.342 e. The minimum Gasteiger partial charge on any atom is -0.342 e. The summed E-state index contributed by atoms with van der Waals surface area (Å²) in [4.78, 5) is 26.9. The molecule has 9 aromatic heterocycles. The predicted octanol–water partition coefficient (Wildman–Crippen LogP) is 9.77. The zero-order valence-corrected chi connectivity index (χ0v) is 49.7. The first-order valence-corrected chi connectivity index (χ1v) is 25.0. The van der Waals surface area contributed by atoms with Gasteiger partial charge in [-0.25, -0.2) is 24.9 Å². The van der Waals surface area contributed by atoms with Crippen LogP contribution in [0.15, 0.2) is 49.1 Å². The molecular formula is C45H82N24O3S2. The van der Waals surface area contributed by atoms with Crippen LogP contribution in [0.5, 0.6) is 0 Å². The average Bonchev–Trinajstić information content (AvgIpc) is 4.22. The fourth-order valence-corrected chi connectivity index (χ4v) is 4.33. The predicted molar refractivity (Wildman–Crippen MR) is 291 cm³/mol. The third kappa shape index (κ3) is 44.4. The Labute approximate surface area is 444 Å². The second-order valence-corrected chi connectivity index (χ2v) is 14.8. The standard InChI is InChI=1S/C4H7N3.3C4H6N2O.2C4H6N2S.C4H6N2.3C3H5N3.4C2H6/c1-3-4(2)6-7-5-3;2*1-3-5-4(2)7-6-3;1-3-4(2)7-6-5-3;2*1-3-5-4(2)7-6-3;1-4-2-3-5-6-4;1-6-3-4-2-5-6;2*1-3-4-2-5-6-3;4*1-2/h1-2H3,(H,5,6,7);5*1-2H3;3H,2H2,1H3;2-3H,1H3;2*2H,1H3,(H,4,5,6);4*1-2H3. The number of aromatic amines is 3. The molecule has 10 rings (SSSR count). The molecule has 3 N–H and O–H groups in total. The summed E-state index contributed by atoms with van der Waals surface area (Å²) < 4.78 is 23.3. The maximum absolute atomic E-state index is 4.60. The van der Waals surface area contributed by atoms with Crippen LogP contribution in [0.2, 0.25) is 0 Å². The maximum atomic E-state index is 4.60. The molecule has 10 heterocycles. The van der Waals surface area contributed by atoms with Crippen LogP contribution in [0.1, 0.15) is 148 Å². The molecule has 0 bridgehead atoms. The quantitative estimate of drug-likeness (QED) is 0.127. The van der Waals surface area contributed by atoms with Crippen LogP contribution in [0.3, 0.4) is 0 Å². The van der Waals surface area contributed by atoms with Crippen LogP contribution in [0.4, 0.5) is 0 Å². The molecule has 0 saturated carbocycles. The first-order chi connectivity index (χ1) is 35.3. The number of aryl methyl sites for hydroxylation is 15. The lowest BCUT2D eigenvalue weighted by Crippen LogP contribution is -1.83. The van der Waals surface area contributed by atoms with Crippen LogP contribution in [-0.2, 0) is 7.05 Å². The Morgan fingerprint density at radius 1 is 0.541 bits per heavy atom. The van der Waals surface area contributed by atoms with E-state index in [4.69, 9.17) is 0 Å². The van der Waals surface area contributed by atoms with Crippen molar-refractivity contribution in [3.05, 3.63) is 105 Å². The molecule has 0 saturated heterocycles. The van der Waals surface area contributed by atoms with Crippen LogP contribution in [0, 0.1) is 96.9 Å². The summed E-state index contributed by atoms with van der Waals surface area (Å²) in [7, 11) is 1.83. The van der Waals surface area contributed by atoms with E-state index < -0.39 is 0 Å². The van der Waals surface area contributed by atoms with Crippen molar-refractivity contribution in [2.24, 2.45) is 17.3 Å². The van der Waals surface area contributed by atoms with Crippen molar-refractivity contribution < 1.29 is 13.6 Å². The van der Waals surface area contributed by atoms with E-state index in [1.807, 2.05) is 139 Å². The third-order valence-corrected chi connectivity index (χ3v) is 8.08. The second kappa shape index (κ2) is 49.0. The molecule has 0 fully saturated rings. The summed E-state index contributed by atoms with van der Waals surface area (Å²) in [5.41, 5.74) is 3.91. The van der Waals surface area contributed by atoms with Crippen LogP contribution in [0.25, 0.3) is 0 Å². The van der Waals surface area contributed by atoms with Crippen LogP contribution >= 0.6 is 23.1 Å². The van der Waals surface area contributed by atoms with Gasteiger partial charge in [-0.15, -0.1) is 5.10 Å². The number of nitrogens with zero attached hydrogens (tertiary/aromatic N) is 21. The summed E-state index contributed by atoms with van der Waals surface area (Å²) >= 11 is 2.89. The fraction of sp³-hybridized carbons (Fsp3) is 0.556. The normalized spacial score (nSPS) is 9.32. The molecule has 0 aromatic carbocycles. The molecule has 412 valence electrons. The molecule has 0 aliphatic carbocycles. The topological polar surface area (TPSA) is 348 Å². The Morgan fingerprint density at radius 2 is 0.986 bits per heavy atom. The lowest BCUT2D eigenvalue weighted by Gasteiger charge is -1.74. The summed E-state index contributed by atoms with van der Waals surface area (Å²) in [5.74, 6) is 6.89. The van der Waals surface area contributed by atoms with E-state index in [0.717, 1.165) is 68.3 Å². The molecule has 29 heteroatoms. The van der Waals surface area contributed by atoms with Gasteiger partial charge in [0, 0.05) is 44.5 Å². The van der Waals surface area contributed by atoms with E-state index >= 15 is 0 Å². The van der Waals surface area contributed by atoms with Gasteiger partial charge in [0.1, 0.15) is 64.3 Å². The summed E-state index contributed by atoms with van der Waals surface area (Å²) in [6.07, 6.45) is 8.85. The van der Waals surface area contributed by atoms with Gasteiger partial charge in [-0.05, 0) is 113 Å². The highest BCUT2D eigenvalue weighted by Crippen LogP contribution is 2.00. The fourth-order valence-electron chi connectivity index (χ4n) is 3.37. The number of H-pyrrole nitrogens is 3. The number of aromatic nitrogens is 22. The van der Waals surface area contributed by atoms with Crippen molar-refractivity contribution in [2.45, 2.75) is 166 Å². The van der Waals surface area contributed by atoms with E-state index in [1.165, 1.54) is 42.0 Å². The summed E-state index contributed by atoms with van der Waals surface area (Å²) in [5, 5.41) is 49.6. The molecule has 0 spiro atoms. The zero-order chi connectivity index (χ0) is 57.3. The number of hydrogen-bond acceptors (Lipinski definition) is 25. The Balaban J connectivity index is -0.000000362. The molecule has 1 aliphatic rings.